The summed E-state index contributed by atoms with van der Waals surface area (Å²) < 4.78 is 0. The van der Waals surface area contributed by atoms with Gasteiger partial charge in [0, 0.05) is 24.8 Å². The number of anilines is 1. The molecule has 1 aromatic heterocycles. The Bertz CT molecular complexity index is 398. The van der Waals surface area contributed by atoms with Gasteiger partial charge in [0.25, 0.3) is 0 Å². The molecule has 0 amide bonds. The van der Waals surface area contributed by atoms with Crippen molar-refractivity contribution in [2.24, 2.45) is 0 Å². The Labute approximate surface area is 126 Å². The first-order chi connectivity index (χ1) is 9.04. The Morgan fingerprint density at radius 2 is 2.11 bits per heavy atom. The highest BCUT2D eigenvalue weighted by Crippen LogP contribution is 2.24. The first kappa shape index (κ1) is 16.6. The summed E-state index contributed by atoms with van der Waals surface area (Å²) in [4.78, 5) is 11.3. The van der Waals surface area contributed by atoms with Crippen LogP contribution in [0.3, 0.4) is 0 Å². The van der Waals surface area contributed by atoms with Crippen molar-refractivity contribution < 1.29 is 0 Å². The van der Waals surface area contributed by atoms with Crippen LogP contribution in [0.15, 0.2) is 6.20 Å². The minimum absolute atomic E-state index is 0.328. The van der Waals surface area contributed by atoms with Gasteiger partial charge in [0.2, 0.25) is 0 Å². The number of thioether (sulfide) groups is 1. The highest BCUT2D eigenvalue weighted by atomic mass is 35.5. The fourth-order valence-corrected chi connectivity index (χ4v) is 3.03. The molecule has 19 heavy (non-hydrogen) atoms. The normalized spacial score (nSPS) is 12.8. The summed E-state index contributed by atoms with van der Waals surface area (Å²) in [6.45, 7) is 6.40. The van der Waals surface area contributed by atoms with Gasteiger partial charge in [0.1, 0.15) is 5.82 Å². The van der Waals surface area contributed by atoms with E-state index in [0.717, 1.165) is 29.4 Å². The summed E-state index contributed by atoms with van der Waals surface area (Å²) in [6.07, 6.45) is 5.16. The fraction of sp³-hybridized carbons (Fsp3) is 0.714. The molecule has 5 heteroatoms. The van der Waals surface area contributed by atoms with E-state index in [0.29, 0.717) is 17.8 Å². The minimum atomic E-state index is 0.328. The lowest BCUT2D eigenvalue weighted by molar-refractivity contribution is 0.664. The predicted octanol–water partition coefficient (Wildman–Crippen LogP) is 3.92. The standard InChI is InChI=1S/C14H24ClN3S/c1-6-11(9-19-5)18(4)13-8-16-14(10(2)3)17-12(13)7-15/h8,10-11H,6-7,9H2,1-5H3. The van der Waals surface area contributed by atoms with Crippen LogP contribution >= 0.6 is 23.4 Å². The molecular weight excluding hydrogens is 278 g/mol. The third-order valence-electron chi connectivity index (χ3n) is 3.27. The first-order valence-corrected chi connectivity index (χ1v) is 8.61. The van der Waals surface area contributed by atoms with Gasteiger partial charge in [0.15, 0.2) is 0 Å². The molecule has 0 aromatic carbocycles. The van der Waals surface area contributed by atoms with E-state index in [4.69, 9.17) is 11.6 Å². The second-order valence-electron chi connectivity index (χ2n) is 4.98. The van der Waals surface area contributed by atoms with Gasteiger partial charge in [-0.2, -0.15) is 11.8 Å². The van der Waals surface area contributed by atoms with Gasteiger partial charge >= 0.3 is 0 Å². The van der Waals surface area contributed by atoms with Crippen LogP contribution in [0.2, 0.25) is 0 Å². The number of nitrogens with zero attached hydrogens (tertiary/aromatic N) is 3. The predicted molar refractivity (Wildman–Crippen MR) is 86.5 cm³/mol. The van der Waals surface area contributed by atoms with E-state index in [1.165, 1.54) is 0 Å². The van der Waals surface area contributed by atoms with Crippen LogP contribution in [0.1, 0.15) is 44.6 Å². The summed E-state index contributed by atoms with van der Waals surface area (Å²) in [5, 5.41) is 0. The smallest absolute Gasteiger partial charge is 0.131 e. The van der Waals surface area contributed by atoms with E-state index in [9.17, 15) is 0 Å². The lowest BCUT2D eigenvalue weighted by Gasteiger charge is -2.29. The second-order valence-corrected chi connectivity index (χ2v) is 6.15. The van der Waals surface area contributed by atoms with E-state index in [2.05, 4.69) is 48.9 Å². The van der Waals surface area contributed by atoms with Crippen LogP contribution in [0, 0.1) is 0 Å². The lowest BCUT2D eigenvalue weighted by atomic mass is 10.2. The zero-order valence-corrected chi connectivity index (χ0v) is 14.1. The van der Waals surface area contributed by atoms with E-state index in [-0.39, 0.29) is 0 Å². The maximum absolute atomic E-state index is 6.06. The molecule has 0 saturated carbocycles. The molecule has 1 aromatic rings. The molecule has 0 radical (unpaired) electrons. The third kappa shape index (κ3) is 4.25. The van der Waals surface area contributed by atoms with Crippen LogP contribution in [-0.2, 0) is 5.88 Å². The summed E-state index contributed by atoms with van der Waals surface area (Å²) in [6, 6.07) is 0.491. The van der Waals surface area contributed by atoms with Crippen molar-refractivity contribution in [1.82, 2.24) is 9.97 Å². The number of aromatic nitrogens is 2. The number of hydrogen-bond acceptors (Lipinski definition) is 4. The fourth-order valence-electron chi connectivity index (χ4n) is 1.99. The molecule has 0 bridgehead atoms. The molecule has 0 aliphatic heterocycles. The third-order valence-corrected chi connectivity index (χ3v) is 4.24. The SMILES string of the molecule is CCC(CSC)N(C)c1cnc(C(C)C)nc1CCl. The number of hydrogen-bond donors (Lipinski definition) is 0. The van der Waals surface area contributed by atoms with E-state index in [1.807, 2.05) is 18.0 Å². The van der Waals surface area contributed by atoms with E-state index in [1.54, 1.807) is 0 Å². The van der Waals surface area contributed by atoms with Crippen molar-refractivity contribution in [2.75, 3.05) is 24.0 Å². The van der Waals surface area contributed by atoms with Crippen molar-refractivity contribution >= 4 is 29.1 Å². The first-order valence-electron chi connectivity index (χ1n) is 6.68. The second kappa shape index (κ2) is 7.95. The Balaban J connectivity index is 3.04. The molecule has 0 spiro atoms. The highest BCUT2D eigenvalue weighted by Gasteiger charge is 2.18. The van der Waals surface area contributed by atoms with Gasteiger partial charge in [0.05, 0.1) is 23.5 Å². The van der Waals surface area contributed by atoms with Gasteiger partial charge in [-0.3, -0.25) is 0 Å². The van der Waals surface area contributed by atoms with Gasteiger partial charge in [-0.1, -0.05) is 20.8 Å². The maximum atomic E-state index is 6.06. The molecule has 1 atom stereocenters. The summed E-state index contributed by atoms with van der Waals surface area (Å²) in [7, 11) is 2.11. The number of halogens is 1. The molecular formula is C14H24ClN3S. The van der Waals surface area contributed by atoms with Crippen molar-refractivity contribution in [3.05, 3.63) is 17.7 Å². The maximum Gasteiger partial charge on any atom is 0.131 e. The van der Waals surface area contributed by atoms with Crippen molar-refractivity contribution in [2.45, 2.75) is 45.0 Å². The van der Waals surface area contributed by atoms with Gasteiger partial charge in [-0.05, 0) is 12.7 Å². The summed E-state index contributed by atoms with van der Waals surface area (Å²) >= 11 is 7.92. The zero-order valence-electron chi connectivity index (χ0n) is 12.5. The molecule has 3 nitrogen and oxygen atoms in total. The molecule has 1 unspecified atom stereocenters. The summed E-state index contributed by atoms with van der Waals surface area (Å²) in [5.41, 5.74) is 1.99. The molecule has 1 heterocycles. The zero-order chi connectivity index (χ0) is 14.4. The van der Waals surface area contributed by atoms with Crippen LogP contribution in [-0.4, -0.2) is 35.1 Å². The molecule has 108 valence electrons. The molecule has 0 fully saturated rings. The Morgan fingerprint density at radius 3 is 2.58 bits per heavy atom. The average molecular weight is 302 g/mol. The monoisotopic (exact) mass is 301 g/mol. The van der Waals surface area contributed by atoms with Crippen LogP contribution in [0.25, 0.3) is 0 Å². The Kier molecular flexibility index (Phi) is 6.94. The quantitative estimate of drug-likeness (QED) is 0.714. The highest BCUT2D eigenvalue weighted by molar-refractivity contribution is 7.98. The number of alkyl halides is 1. The lowest BCUT2D eigenvalue weighted by Crippen LogP contribution is -2.34. The molecule has 0 aliphatic rings. The topological polar surface area (TPSA) is 29.0 Å². The molecule has 0 aliphatic carbocycles. The average Bonchev–Trinajstić information content (AvgIpc) is 2.43. The Morgan fingerprint density at radius 1 is 1.42 bits per heavy atom. The van der Waals surface area contributed by atoms with Gasteiger partial charge < -0.3 is 4.90 Å². The van der Waals surface area contributed by atoms with Crippen LogP contribution in [0.5, 0.6) is 0 Å². The van der Waals surface area contributed by atoms with Crippen LogP contribution < -0.4 is 4.90 Å². The van der Waals surface area contributed by atoms with Crippen molar-refractivity contribution in [3.8, 4) is 0 Å². The van der Waals surface area contributed by atoms with Gasteiger partial charge in [-0.15, -0.1) is 11.6 Å². The summed E-state index contributed by atoms with van der Waals surface area (Å²) in [5.74, 6) is 2.72. The minimum Gasteiger partial charge on any atom is -0.368 e. The molecule has 0 saturated heterocycles. The number of rotatable bonds is 7. The molecule has 0 N–H and O–H groups in total. The van der Waals surface area contributed by atoms with Crippen LogP contribution in [0.4, 0.5) is 5.69 Å². The Hall–Kier alpha value is -0.480. The van der Waals surface area contributed by atoms with Crippen molar-refractivity contribution in [3.63, 3.8) is 0 Å². The van der Waals surface area contributed by atoms with Gasteiger partial charge in [-0.25, -0.2) is 9.97 Å². The van der Waals surface area contributed by atoms with E-state index < -0.39 is 0 Å². The molecule has 1 rings (SSSR count). The largest absolute Gasteiger partial charge is 0.368 e. The van der Waals surface area contributed by atoms with E-state index >= 15 is 0 Å². The van der Waals surface area contributed by atoms with Crippen molar-refractivity contribution in [1.29, 1.82) is 0 Å².